The molecule has 180 valence electrons. The van der Waals surface area contributed by atoms with Gasteiger partial charge in [0.1, 0.15) is 0 Å². The summed E-state index contributed by atoms with van der Waals surface area (Å²) >= 11 is 0. The fourth-order valence-corrected chi connectivity index (χ4v) is 5.07. The number of fused-ring (bicyclic) bond motifs is 2. The third-order valence-corrected chi connectivity index (χ3v) is 7.12. The number of hydrogen-bond acceptors (Lipinski definition) is 6. The van der Waals surface area contributed by atoms with E-state index in [1.807, 2.05) is 29.3 Å². The average Bonchev–Trinajstić information content (AvgIpc) is 3.36. The van der Waals surface area contributed by atoms with E-state index in [1.54, 1.807) is 18.5 Å². The molecule has 0 aliphatic carbocycles. The number of nitrogens with one attached hydrogen (secondary N) is 1. The van der Waals surface area contributed by atoms with Crippen LogP contribution in [0.2, 0.25) is 0 Å². The van der Waals surface area contributed by atoms with Gasteiger partial charge in [-0.3, -0.25) is 9.48 Å². The largest absolute Gasteiger partial charge is 0.462 e. The van der Waals surface area contributed by atoms with E-state index in [2.05, 4.69) is 10.3 Å². The predicted molar refractivity (Wildman–Crippen MR) is 126 cm³/mol. The van der Waals surface area contributed by atoms with E-state index in [4.69, 9.17) is 14.6 Å². The molecule has 5 rings (SSSR count). The molecule has 1 N–H and O–H groups in total. The van der Waals surface area contributed by atoms with Crippen LogP contribution < -0.4 is 5.32 Å². The Hall–Kier alpha value is -3.20. The van der Waals surface area contributed by atoms with E-state index in [0.29, 0.717) is 31.5 Å². The first kappa shape index (κ1) is 22.6. The summed E-state index contributed by atoms with van der Waals surface area (Å²) in [7, 11) is 1.90. The number of amides is 1. The summed E-state index contributed by atoms with van der Waals surface area (Å²) in [5.74, 6) is -0.379. The van der Waals surface area contributed by atoms with Gasteiger partial charge in [-0.1, -0.05) is 6.92 Å². The highest BCUT2D eigenvalue weighted by Gasteiger charge is 2.39. The van der Waals surface area contributed by atoms with Gasteiger partial charge in [0.25, 0.3) is 5.91 Å². The van der Waals surface area contributed by atoms with Crippen molar-refractivity contribution in [3.8, 4) is 0 Å². The predicted octanol–water partition coefficient (Wildman–Crippen LogP) is 2.66. The Morgan fingerprint density at radius 1 is 1.29 bits per heavy atom. The molecule has 2 aliphatic rings. The minimum atomic E-state index is -0.350. The maximum Gasteiger partial charge on any atom is 0.338 e. The van der Waals surface area contributed by atoms with Crippen molar-refractivity contribution in [3.05, 3.63) is 47.0 Å². The smallest absolute Gasteiger partial charge is 0.338 e. The maximum atomic E-state index is 12.9. The summed E-state index contributed by atoms with van der Waals surface area (Å²) in [4.78, 5) is 29.8. The van der Waals surface area contributed by atoms with Crippen molar-refractivity contribution in [2.24, 2.45) is 12.5 Å². The Bertz CT molecular complexity index is 1220. The van der Waals surface area contributed by atoms with Gasteiger partial charge in [-0.15, -0.1) is 0 Å². The van der Waals surface area contributed by atoms with Gasteiger partial charge in [0, 0.05) is 39.8 Å². The number of nitrogens with zero attached hydrogens (tertiary/aromatic N) is 4. The fraction of sp³-hybridized carbons (Fsp3) is 0.520. The molecular weight excluding hydrogens is 434 g/mol. The zero-order valence-electron chi connectivity index (χ0n) is 19.8. The Labute approximate surface area is 198 Å². The Morgan fingerprint density at radius 3 is 2.91 bits per heavy atom. The second-order valence-electron chi connectivity index (χ2n) is 9.37. The van der Waals surface area contributed by atoms with Crippen LogP contribution in [0.3, 0.4) is 0 Å². The molecule has 0 saturated carbocycles. The van der Waals surface area contributed by atoms with Crippen LogP contribution in [-0.2, 0) is 35.9 Å². The first-order valence-electron chi connectivity index (χ1n) is 12.0. The normalized spacial score (nSPS) is 17.4. The third-order valence-electron chi connectivity index (χ3n) is 7.12. The lowest BCUT2D eigenvalue weighted by atomic mass is 9.76. The van der Waals surface area contributed by atoms with Crippen molar-refractivity contribution in [2.45, 2.75) is 45.6 Å². The number of esters is 1. The van der Waals surface area contributed by atoms with Crippen LogP contribution in [0.15, 0.2) is 24.5 Å². The van der Waals surface area contributed by atoms with Crippen molar-refractivity contribution in [2.75, 3.05) is 26.4 Å². The van der Waals surface area contributed by atoms with Crippen LogP contribution in [-0.4, -0.2) is 57.6 Å². The fourth-order valence-electron chi connectivity index (χ4n) is 5.07. The second kappa shape index (κ2) is 9.21. The number of aryl methyl sites for hydroxylation is 3. The summed E-state index contributed by atoms with van der Waals surface area (Å²) in [5.41, 5.74) is 4.82. The molecule has 2 aliphatic heterocycles. The van der Waals surface area contributed by atoms with Gasteiger partial charge in [-0.2, -0.15) is 5.10 Å². The minimum absolute atomic E-state index is 0.0128. The number of carbonyl (C=O) groups is 2. The first-order valence-corrected chi connectivity index (χ1v) is 12.0. The van der Waals surface area contributed by atoms with Crippen molar-refractivity contribution in [1.29, 1.82) is 0 Å². The molecule has 4 heterocycles. The molecule has 3 aromatic rings. The monoisotopic (exact) mass is 465 g/mol. The van der Waals surface area contributed by atoms with E-state index in [9.17, 15) is 9.59 Å². The quantitative estimate of drug-likeness (QED) is 0.444. The van der Waals surface area contributed by atoms with Crippen molar-refractivity contribution >= 4 is 22.9 Å². The highest BCUT2D eigenvalue weighted by molar-refractivity contribution is 5.97. The second-order valence-corrected chi connectivity index (χ2v) is 9.37. The van der Waals surface area contributed by atoms with Gasteiger partial charge in [0.2, 0.25) is 0 Å². The van der Waals surface area contributed by atoms with Crippen LogP contribution in [0.5, 0.6) is 0 Å². The molecule has 0 unspecified atom stereocenters. The summed E-state index contributed by atoms with van der Waals surface area (Å²) < 4.78 is 15.0. The molecule has 1 fully saturated rings. The lowest BCUT2D eigenvalue weighted by Crippen LogP contribution is -2.40. The average molecular weight is 466 g/mol. The van der Waals surface area contributed by atoms with Crippen LogP contribution in [0.1, 0.15) is 58.3 Å². The van der Waals surface area contributed by atoms with E-state index in [-0.39, 0.29) is 23.9 Å². The molecule has 0 bridgehead atoms. The maximum absolute atomic E-state index is 12.9. The molecule has 1 amide bonds. The molecule has 1 saturated heterocycles. The topological polar surface area (TPSA) is 100 Å². The number of ether oxygens (including phenoxy) is 2. The Balaban J connectivity index is 1.27. The van der Waals surface area contributed by atoms with E-state index < -0.39 is 0 Å². The number of benzene rings is 1. The lowest BCUT2D eigenvalue weighted by molar-refractivity contribution is 0.0152. The minimum Gasteiger partial charge on any atom is -0.462 e. The molecular formula is C25H31N5O4. The standard InChI is InChI=1S/C25H31N5O4/c1-3-18-22-21(14-25(15-26-23(22)31)7-11-33-12-8-25)30(28-18)9-4-10-34-24(32)17-5-6-19-20(13-17)29(2)16-27-19/h5-6,13,16H,3-4,7-12,14-15H2,1-2H3,(H,26,31). The van der Waals surface area contributed by atoms with Crippen molar-refractivity contribution < 1.29 is 19.1 Å². The van der Waals surface area contributed by atoms with E-state index in [0.717, 1.165) is 60.5 Å². The zero-order valence-corrected chi connectivity index (χ0v) is 19.8. The van der Waals surface area contributed by atoms with Crippen LogP contribution in [0.25, 0.3) is 11.0 Å². The van der Waals surface area contributed by atoms with Gasteiger partial charge in [-0.05, 0) is 49.3 Å². The summed E-state index contributed by atoms with van der Waals surface area (Å²) in [6, 6.07) is 5.37. The van der Waals surface area contributed by atoms with E-state index in [1.165, 1.54) is 0 Å². The highest BCUT2D eigenvalue weighted by Crippen LogP contribution is 2.37. The molecule has 9 heteroatoms. The SMILES string of the molecule is CCc1nn(CCCOC(=O)c2ccc3ncn(C)c3c2)c2c1C(=O)NCC1(CCOCC1)C2. The molecule has 1 spiro atoms. The number of carbonyl (C=O) groups excluding carboxylic acids is 2. The number of imidazole rings is 1. The van der Waals surface area contributed by atoms with Gasteiger partial charge in [0.05, 0.1) is 46.5 Å². The molecule has 34 heavy (non-hydrogen) atoms. The lowest BCUT2D eigenvalue weighted by Gasteiger charge is -2.36. The Morgan fingerprint density at radius 2 is 2.12 bits per heavy atom. The molecule has 0 radical (unpaired) electrons. The number of rotatable bonds is 6. The van der Waals surface area contributed by atoms with Gasteiger partial charge < -0.3 is 19.4 Å². The summed E-state index contributed by atoms with van der Waals surface area (Å²) in [6.07, 6.45) is 5.71. The van der Waals surface area contributed by atoms with Crippen molar-refractivity contribution in [3.63, 3.8) is 0 Å². The summed E-state index contributed by atoms with van der Waals surface area (Å²) in [6.45, 7) is 5.02. The van der Waals surface area contributed by atoms with Gasteiger partial charge >= 0.3 is 5.97 Å². The van der Waals surface area contributed by atoms with Crippen molar-refractivity contribution in [1.82, 2.24) is 24.6 Å². The van der Waals surface area contributed by atoms with Crippen LogP contribution in [0, 0.1) is 5.41 Å². The number of hydrogen-bond donors (Lipinski definition) is 1. The van der Waals surface area contributed by atoms with Gasteiger partial charge in [0.15, 0.2) is 0 Å². The zero-order chi connectivity index (χ0) is 23.7. The summed E-state index contributed by atoms with van der Waals surface area (Å²) in [5, 5.41) is 7.91. The molecule has 0 atom stereocenters. The third kappa shape index (κ3) is 4.20. The van der Waals surface area contributed by atoms with E-state index >= 15 is 0 Å². The van der Waals surface area contributed by atoms with Gasteiger partial charge in [-0.25, -0.2) is 9.78 Å². The number of aromatic nitrogens is 4. The van der Waals surface area contributed by atoms with Crippen LogP contribution >= 0.6 is 0 Å². The first-order chi connectivity index (χ1) is 16.5. The highest BCUT2D eigenvalue weighted by atomic mass is 16.5. The Kier molecular flexibility index (Phi) is 6.12. The molecule has 1 aromatic carbocycles. The molecule has 2 aromatic heterocycles. The van der Waals surface area contributed by atoms with Crippen LogP contribution in [0.4, 0.5) is 0 Å². The molecule has 9 nitrogen and oxygen atoms in total.